The van der Waals surface area contributed by atoms with Gasteiger partial charge in [0.25, 0.3) is 0 Å². The molecule has 10 rings (SSSR count). The van der Waals surface area contributed by atoms with Crippen LogP contribution in [0.1, 0.15) is 0 Å². The van der Waals surface area contributed by atoms with Crippen LogP contribution in [0.15, 0.2) is 185 Å². The van der Waals surface area contributed by atoms with Crippen LogP contribution in [0.25, 0.3) is 76.9 Å². The van der Waals surface area contributed by atoms with Gasteiger partial charge < -0.3 is 13.7 Å². The van der Waals surface area contributed by atoms with Crippen molar-refractivity contribution in [2.24, 2.45) is 0 Å². The third kappa shape index (κ3) is 4.59. The lowest BCUT2D eigenvalue weighted by molar-refractivity contribution is 0.669. The predicted octanol–water partition coefficient (Wildman–Crippen LogP) is 13.4. The van der Waals surface area contributed by atoms with E-state index in [4.69, 9.17) is 8.83 Å². The summed E-state index contributed by atoms with van der Waals surface area (Å²) in [5, 5.41) is 6.85. The van der Waals surface area contributed by atoms with Gasteiger partial charge >= 0.3 is 0 Å². The Balaban J connectivity index is 1.09. The largest absolute Gasteiger partial charge is 0.456 e. The Morgan fingerprint density at radius 2 is 0.898 bits per heavy atom. The van der Waals surface area contributed by atoms with Crippen molar-refractivity contribution in [2.75, 3.05) is 4.90 Å². The summed E-state index contributed by atoms with van der Waals surface area (Å²) in [6, 6.07) is 62.1. The van der Waals surface area contributed by atoms with E-state index < -0.39 is 0 Å². The van der Waals surface area contributed by atoms with Gasteiger partial charge in [0.1, 0.15) is 22.3 Å². The molecule has 0 unspecified atom stereocenters. The van der Waals surface area contributed by atoms with Crippen molar-refractivity contribution in [2.45, 2.75) is 0 Å². The van der Waals surface area contributed by atoms with Gasteiger partial charge in [-0.2, -0.15) is 0 Å². The summed E-state index contributed by atoms with van der Waals surface area (Å²) in [5.41, 5.74) is 11.5. The maximum atomic E-state index is 6.32. The fraction of sp³-hybridized carbons (Fsp3) is 0. The number of hydrogen-bond acceptors (Lipinski definition) is 3. The van der Waals surface area contributed by atoms with E-state index in [1.165, 1.54) is 22.1 Å². The summed E-state index contributed by atoms with van der Waals surface area (Å²) in [6.45, 7) is 0. The molecule has 10 aromatic rings. The van der Waals surface area contributed by atoms with E-state index in [0.29, 0.717) is 0 Å². The van der Waals surface area contributed by atoms with Crippen LogP contribution >= 0.6 is 0 Å². The molecule has 8 aromatic carbocycles. The van der Waals surface area contributed by atoms with E-state index >= 15 is 0 Å². The molecule has 2 aromatic heterocycles. The van der Waals surface area contributed by atoms with Crippen LogP contribution in [-0.2, 0) is 0 Å². The first-order valence-corrected chi connectivity index (χ1v) is 16.6. The zero-order valence-electron chi connectivity index (χ0n) is 26.5. The minimum atomic E-state index is 0.872. The van der Waals surface area contributed by atoms with Gasteiger partial charge in [-0.05, 0) is 99.8 Å². The second-order valence-electron chi connectivity index (χ2n) is 12.6. The highest BCUT2D eigenvalue weighted by Gasteiger charge is 2.19. The van der Waals surface area contributed by atoms with Gasteiger partial charge in [-0.3, -0.25) is 0 Å². The van der Waals surface area contributed by atoms with Crippen molar-refractivity contribution >= 4 is 71.7 Å². The molecule has 0 aliphatic rings. The van der Waals surface area contributed by atoms with Crippen LogP contribution < -0.4 is 4.90 Å². The molecule has 0 radical (unpaired) electrons. The Kier molecular flexibility index (Phi) is 6.18. The van der Waals surface area contributed by atoms with Gasteiger partial charge in [0, 0.05) is 27.5 Å². The molecule has 0 aliphatic carbocycles. The Bertz CT molecular complexity index is 2810. The lowest BCUT2D eigenvalue weighted by atomic mass is 9.99. The van der Waals surface area contributed by atoms with Gasteiger partial charge in [0.15, 0.2) is 0 Å². The molecule has 0 saturated heterocycles. The highest BCUT2D eigenvalue weighted by Crippen LogP contribution is 2.43. The highest BCUT2D eigenvalue weighted by molar-refractivity contribution is 6.13. The van der Waals surface area contributed by atoms with Crippen LogP contribution in [0.2, 0.25) is 0 Å². The molecular weight excluding hydrogens is 599 g/mol. The summed E-state index contributed by atoms with van der Waals surface area (Å²) in [5.74, 6) is 0. The summed E-state index contributed by atoms with van der Waals surface area (Å²) in [4.78, 5) is 2.34. The fourth-order valence-corrected chi connectivity index (χ4v) is 7.25. The second kappa shape index (κ2) is 11.0. The molecule has 0 bridgehead atoms. The van der Waals surface area contributed by atoms with Crippen molar-refractivity contribution in [1.82, 2.24) is 0 Å². The normalized spacial score (nSPS) is 11.7. The molecule has 3 nitrogen and oxygen atoms in total. The first kappa shape index (κ1) is 27.5. The van der Waals surface area contributed by atoms with Gasteiger partial charge in [0.05, 0.1) is 11.1 Å². The number of para-hydroxylation sites is 2. The molecule has 49 heavy (non-hydrogen) atoms. The molecule has 0 atom stereocenters. The monoisotopic (exact) mass is 627 g/mol. The molecule has 230 valence electrons. The minimum Gasteiger partial charge on any atom is -0.456 e. The average molecular weight is 628 g/mol. The van der Waals surface area contributed by atoms with E-state index in [1.807, 2.05) is 24.3 Å². The van der Waals surface area contributed by atoms with Crippen LogP contribution in [0.3, 0.4) is 0 Å². The van der Waals surface area contributed by atoms with E-state index in [2.05, 4.69) is 157 Å². The number of benzene rings is 8. The summed E-state index contributed by atoms with van der Waals surface area (Å²) in [7, 11) is 0. The Hall–Kier alpha value is -6.58. The molecule has 0 saturated carbocycles. The molecule has 0 fully saturated rings. The van der Waals surface area contributed by atoms with Crippen molar-refractivity contribution in [3.63, 3.8) is 0 Å². The van der Waals surface area contributed by atoms with Crippen LogP contribution in [0, 0.1) is 0 Å². The predicted molar refractivity (Wildman–Crippen MR) is 204 cm³/mol. The standard InChI is InChI=1S/C46H29NO2/c1-2-9-30(10-3-1)31-19-23-36(24-20-31)47(41-13-8-16-44-46(41)39-12-5-7-15-43(39)48-44)37-25-21-32(22-26-37)33-17-18-34-29-45-40(28-35(34)27-33)38-11-4-6-14-42(38)49-45/h1-29H. The summed E-state index contributed by atoms with van der Waals surface area (Å²) < 4.78 is 12.5. The smallest absolute Gasteiger partial charge is 0.137 e. The van der Waals surface area contributed by atoms with E-state index in [1.54, 1.807) is 0 Å². The van der Waals surface area contributed by atoms with Gasteiger partial charge in [-0.15, -0.1) is 0 Å². The number of nitrogens with zero attached hydrogens (tertiary/aromatic N) is 1. The van der Waals surface area contributed by atoms with Crippen molar-refractivity contribution in [3.05, 3.63) is 176 Å². The quantitative estimate of drug-likeness (QED) is 0.190. The Morgan fingerprint density at radius 1 is 0.327 bits per heavy atom. The lowest BCUT2D eigenvalue weighted by Crippen LogP contribution is -2.10. The zero-order valence-corrected chi connectivity index (χ0v) is 26.5. The third-order valence-corrected chi connectivity index (χ3v) is 9.65. The molecular formula is C46H29NO2. The van der Waals surface area contributed by atoms with Crippen molar-refractivity contribution in [1.29, 1.82) is 0 Å². The van der Waals surface area contributed by atoms with E-state index in [0.717, 1.165) is 71.9 Å². The molecule has 3 heteroatoms. The topological polar surface area (TPSA) is 29.5 Å². The molecule has 0 aliphatic heterocycles. The molecule has 2 heterocycles. The fourth-order valence-electron chi connectivity index (χ4n) is 7.25. The first-order valence-electron chi connectivity index (χ1n) is 16.6. The maximum Gasteiger partial charge on any atom is 0.137 e. The Morgan fingerprint density at radius 3 is 1.65 bits per heavy atom. The number of hydrogen-bond donors (Lipinski definition) is 0. The maximum absolute atomic E-state index is 6.32. The highest BCUT2D eigenvalue weighted by atomic mass is 16.3. The third-order valence-electron chi connectivity index (χ3n) is 9.65. The second-order valence-corrected chi connectivity index (χ2v) is 12.6. The lowest BCUT2D eigenvalue weighted by Gasteiger charge is -2.26. The zero-order chi connectivity index (χ0) is 32.3. The molecule has 0 amide bonds. The van der Waals surface area contributed by atoms with Gasteiger partial charge in [0.2, 0.25) is 0 Å². The summed E-state index contributed by atoms with van der Waals surface area (Å²) >= 11 is 0. The summed E-state index contributed by atoms with van der Waals surface area (Å²) in [6.07, 6.45) is 0. The number of anilines is 3. The Labute approximate surface area is 282 Å². The molecule has 0 N–H and O–H groups in total. The minimum absolute atomic E-state index is 0.872. The van der Waals surface area contributed by atoms with Crippen LogP contribution in [-0.4, -0.2) is 0 Å². The van der Waals surface area contributed by atoms with Crippen LogP contribution in [0.5, 0.6) is 0 Å². The van der Waals surface area contributed by atoms with Gasteiger partial charge in [-0.1, -0.05) is 109 Å². The molecule has 0 spiro atoms. The van der Waals surface area contributed by atoms with Crippen molar-refractivity contribution < 1.29 is 8.83 Å². The van der Waals surface area contributed by atoms with E-state index in [9.17, 15) is 0 Å². The first-order chi connectivity index (χ1) is 24.3. The van der Waals surface area contributed by atoms with Crippen LogP contribution in [0.4, 0.5) is 17.1 Å². The van der Waals surface area contributed by atoms with Crippen molar-refractivity contribution in [3.8, 4) is 22.3 Å². The number of fused-ring (bicyclic) bond motifs is 7. The van der Waals surface area contributed by atoms with E-state index in [-0.39, 0.29) is 0 Å². The SMILES string of the molecule is c1ccc(-c2ccc(N(c3ccc(-c4ccc5cc6oc7ccccc7c6cc5c4)cc3)c3cccc4oc5ccccc5c34)cc2)cc1. The average Bonchev–Trinajstić information content (AvgIpc) is 3.73. The van der Waals surface area contributed by atoms with Gasteiger partial charge in [-0.25, -0.2) is 0 Å². The number of furan rings is 2. The number of rotatable bonds is 5.